The van der Waals surface area contributed by atoms with Gasteiger partial charge in [-0.15, -0.1) is 0 Å². The SMILES string of the molecule is Cc1nc2ccc(C(=O)O[C@H](C)C(=O)Nc3cccc(C#N)c3)cc2nc1C. The minimum absolute atomic E-state index is 0.288. The first kappa shape index (κ1) is 19.0. The lowest BCUT2D eigenvalue weighted by atomic mass is 10.2. The predicted octanol–water partition coefficient (Wildman–Crippen LogP) is 3.30. The highest BCUT2D eigenvalue weighted by atomic mass is 16.5. The van der Waals surface area contributed by atoms with Crippen LogP contribution in [0.1, 0.15) is 34.2 Å². The van der Waals surface area contributed by atoms with Crippen molar-refractivity contribution in [2.24, 2.45) is 0 Å². The predicted molar refractivity (Wildman–Crippen MR) is 104 cm³/mol. The average Bonchev–Trinajstić information content (AvgIpc) is 2.68. The van der Waals surface area contributed by atoms with Crippen LogP contribution in [-0.2, 0) is 9.53 Å². The normalized spacial score (nSPS) is 11.5. The molecule has 3 rings (SSSR count). The number of rotatable bonds is 4. The summed E-state index contributed by atoms with van der Waals surface area (Å²) in [7, 11) is 0. The molecule has 0 bridgehead atoms. The fourth-order valence-corrected chi connectivity index (χ4v) is 2.55. The number of nitrogens with one attached hydrogen (secondary N) is 1. The van der Waals surface area contributed by atoms with E-state index in [0.29, 0.717) is 22.3 Å². The molecule has 0 spiro atoms. The third-order valence-corrected chi connectivity index (χ3v) is 4.22. The zero-order chi connectivity index (χ0) is 20.3. The largest absolute Gasteiger partial charge is 0.449 e. The minimum Gasteiger partial charge on any atom is -0.449 e. The van der Waals surface area contributed by atoms with Crippen LogP contribution in [0.5, 0.6) is 0 Å². The van der Waals surface area contributed by atoms with E-state index in [-0.39, 0.29) is 5.56 Å². The number of carbonyl (C=O) groups excluding carboxylic acids is 2. The Bertz CT molecular complexity index is 1120. The van der Waals surface area contributed by atoms with Crippen LogP contribution in [0.25, 0.3) is 11.0 Å². The van der Waals surface area contributed by atoms with E-state index in [1.54, 1.807) is 42.5 Å². The van der Waals surface area contributed by atoms with Crippen molar-refractivity contribution in [3.8, 4) is 6.07 Å². The highest BCUT2D eigenvalue weighted by Crippen LogP contribution is 2.16. The quantitative estimate of drug-likeness (QED) is 0.703. The number of hydrogen-bond acceptors (Lipinski definition) is 6. The van der Waals surface area contributed by atoms with Crippen LogP contribution in [0.2, 0.25) is 0 Å². The van der Waals surface area contributed by atoms with Crippen LogP contribution < -0.4 is 5.32 Å². The van der Waals surface area contributed by atoms with Gasteiger partial charge in [-0.25, -0.2) is 14.8 Å². The molecule has 7 nitrogen and oxygen atoms in total. The Morgan fingerprint density at radius 2 is 1.79 bits per heavy atom. The van der Waals surface area contributed by atoms with Gasteiger partial charge in [-0.05, 0) is 57.2 Å². The second-order valence-electron chi connectivity index (χ2n) is 6.33. The molecule has 7 heteroatoms. The molecule has 1 N–H and O–H groups in total. The zero-order valence-corrected chi connectivity index (χ0v) is 15.7. The number of aryl methyl sites for hydroxylation is 2. The summed E-state index contributed by atoms with van der Waals surface area (Å²) in [5, 5.41) is 11.5. The van der Waals surface area contributed by atoms with E-state index >= 15 is 0 Å². The Morgan fingerprint density at radius 1 is 1.07 bits per heavy atom. The number of esters is 1. The van der Waals surface area contributed by atoms with Crippen LogP contribution in [0, 0.1) is 25.2 Å². The molecular formula is C21H18N4O3. The number of benzene rings is 2. The van der Waals surface area contributed by atoms with E-state index < -0.39 is 18.0 Å². The molecule has 1 aromatic heterocycles. The van der Waals surface area contributed by atoms with Gasteiger partial charge in [0, 0.05) is 5.69 Å². The van der Waals surface area contributed by atoms with E-state index in [1.807, 2.05) is 19.9 Å². The van der Waals surface area contributed by atoms with Gasteiger partial charge in [-0.3, -0.25) is 4.79 Å². The molecule has 0 fully saturated rings. The number of nitrogens with zero attached hydrogens (tertiary/aromatic N) is 3. The molecule has 1 atom stereocenters. The van der Waals surface area contributed by atoms with E-state index in [2.05, 4.69) is 15.3 Å². The van der Waals surface area contributed by atoms with Gasteiger partial charge in [0.05, 0.1) is 39.6 Å². The molecule has 0 aliphatic carbocycles. The van der Waals surface area contributed by atoms with E-state index in [9.17, 15) is 9.59 Å². The summed E-state index contributed by atoms with van der Waals surface area (Å²) in [6.07, 6.45) is -1.01. The molecule has 0 saturated heterocycles. The monoisotopic (exact) mass is 374 g/mol. The average molecular weight is 374 g/mol. The summed E-state index contributed by atoms with van der Waals surface area (Å²) in [6, 6.07) is 13.4. The van der Waals surface area contributed by atoms with Crippen LogP contribution in [0.3, 0.4) is 0 Å². The highest BCUT2D eigenvalue weighted by Gasteiger charge is 2.20. The third kappa shape index (κ3) is 4.13. The van der Waals surface area contributed by atoms with Gasteiger partial charge >= 0.3 is 5.97 Å². The molecule has 1 amide bonds. The number of aromatic nitrogens is 2. The van der Waals surface area contributed by atoms with Crippen molar-refractivity contribution in [2.75, 3.05) is 5.32 Å². The summed E-state index contributed by atoms with van der Waals surface area (Å²) in [4.78, 5) is 33.5. The molecule has 0 radical (unpaired) electrons. The lowest BCUT2D eigenvalue weighted by Crippen LogP contribution is -2.30. The molecule has 0 aliphatic rings. The zero-order valence-electron chi connectivity index (χ0n) is 15.7. The summed E-state index contributed by atoms with van der Waals surface area (Å²) in [5.41, 5.74) is 4.05. The number of amides is 1. The summed E-state index contributed by atoms with van der Waals surface area (Å²) >= 11 is 0. The van der Waals surface area contributed by atoms with Gasteiger partial charge in [0.15, 0.2) is 6.10 Å². The maximum Gasteiger partial charge on any atom is 0.338 e. The summed E-state index contributed by atoms with van der Waals surface area (Å²) < 4.78 is 5.27. The lowest BCUT2D eigenvalue weighted by molar-refractivity contribution is -0.123. The van der Waals surface area contributed by atoms with E-state index in [4.69, 9.17) is 10.00 Å². The topological polar surface area (TPSA) is 105 Å². The van der Waals surface area contributed by atoms with E-state index in [1.165, 1.54) is 6.92 Å². The van der Waals surface area contributed by atoms with Gasteiger partial charge in [0.1, 0.15) is 0 Å². The first-order valence-corrected chi connectivity index (χ1v) is 8.64. The smallest absolute Gasteiger partial charge is 0.338 e. The van der Waals surface area contributed by atoms with Crippen molar-refractivity contribution in [3.63, 3.8) is 0 Å². The number of ether oxygens (including phenoxy) is 1. The second kappa shape index (κ2) is 7.84. The van der Waals surface area contributed by atoms with Crippen LogP contribution in [0.15, 0.2) is 42.5 Å². The third-order valence-electron chi connectivity index (χ3n) is 4.22. The number of fused-ring (bicyclic) bond motifs is 1. The Hall–Kier alpha value is -3.79. The molecule has 0 unspecified atom stereocenters. The molecule has 140 valence electrons. The van der Waals surface area contributed by atoms with Crippen LogP contribution in [0.4, 0.5) is 5.69 Å². The molecular weight excluding hydrogens is 356 g/mol. The fourth-order valence-electron chi connectivity index (χ4n) is 2.55. The molecule has 0 saturated carbocycles. The van der Waals surface area contributed by atoms with Crippen molar-refractivity contribution >= 4 is 28.6 Å². The number of nitriles is 1. The highest BCUT2D eigenvalue weighted by molar-refractivity contribution is 5.98. The molecule has 3 aromatic rings. The Kier molecular flexibility index (Phi) is 5.32. The maximum absolute atomic E-state index is 12.4. The first-order valence-electron chi connectivity index (χ1n) is 8.64. The summed E-state index contributed by atoms with van der Waals surface area (Å²) in [5.74, 6) is -1.12. The molecule has 2 aromatic carbocycles. The number of carbonyl (C=O) groups is 2. The van der Waals surface area contributed by atoms with Crippen molar-refractivity contribution in [3.05, 3.63) is 65.0 Å². The molecule has 28 heavy (non-hydrogen) atoms. The maximum atomic E-state index is 12.4. The fraction of sp³-hybridized carbons (Fsp3) is 0.190. The van der Waals surface area contributed by atoms with Gasteiger partial charge in [0.25, 0.3) is 5.91 Å². The number of anilines is 1. The minimum atomic E-state index is -1.01. The van der Waals surface area contributed by atoms with Crippen molar-refractivity contribution < 1.29 is 14.3 Å². The second-order valence-corrected chi connectivity index (χ2v) is 6.33. The molecule has 0 aliphatic heterocycles. The van der Waals surface area contributed by atoms with Gasteiger partial charge in [-0.2, -0.15) is 5.26 Å². The lowest BCUT2D eigenvalue weighted by Gasteiger charge is -2.14. The van der Waals surface area contributed by atoms with Crippen molar-refractivity contribution in [1.82, 2.24) is 9.97 Å². The number of hydrogen-bond donors (Lipinski definition) is 1. The van der Waals surface area contributed by atoms with Gasteiger partial charge in [-0.1, -0.05) is 6.07 Å². The van der Waals surface area contributed by atoms with Crippen molar-refractivity contribution in [1.29, 1.82) is 5.26 Å². The molecule has 1 heterocycles. The van der Waals surface area contributed by atoms with E-state index in [0.717, 1.165) is 11.4 Å². The van der Waals surface area contributed by atoms with Crippen LogP contribution in [-0.4, -0.2) is 27.9 Å². The first-order chi connectivity index (χ1) is 13.4. The van der Waals surface area contributed by atoms with Crippen LogP contribution >= 0.6 is 0 Å². The Balaban J connectivity index is 1.71. The summed E-state index contributed by atoms with van der Waals surface area (Å²) in [6.45, 7) is 5.20. The van der Waals surface area contributed by atoms with Gasteiger partial charge < -0.3 is 10.1 Å². The standard InChI is InChI=1S/C21H18N4O3/c1-12-13(2)24-19-10-16(7-8-18(19)23-12)21(27)28-14(3)20(26)25-17-6-4-5-15(9-17)11-22/h4-10,14H,1-3H3,(H,25,26)/t14-/m1/s1. The van der Waals surface area contributed by atoms with Crippen molar-refractivity contribution in [2.45, 2.75) is 26.9 Å². The van der Waals surface area contributed by atoms with Gasteiger partial charge in [0.2, 0.25) is 0 Å². The Morgan fingerprint density at radius 3 is 2.50 bits per heavy atom. The Labute approximate surface area is 162 Å².